The van der Waals surface area contributed by atoms with E-state index in [1.165, 1.54) is 6.42 Å². The molecule has 1 fully saturated rings. The number of nitrogens with zero attached hydrogens (tertiary/aromatic N) is 1. The Hall–Kier alpha value is -1.85. The average Bonchev–Trinajstić information content (AvgIpc) is 2.37. The van der Waals surface area contributed by atoms with Crippen molar-refractivity contribution in [3.8, 4) is 0 Å². The molecule has 0 bridgehead atoms. The molecule has 1 aliphatic heterocycles. The zero-order valence-corrected chi connectivity index (χ0v) is 12.0. The highest BCUT2D eigenvalue weighted by Crippen LogP contribution is 2.17. The van der Waals surface area contributed by atoms with Crippen molar-refractivity contribution in [1.29, 1.82) is 0 Å². The molecular formula is C14H21N3O3. The standard InChI is InChI=1S/C14H21N3O3/c1-9-5-3-4-8-17(9)12(18)7-6-11-10(2)15-14(20)16-13(11)19/h9H,3-8H2,1-2H3,(H2,15,16,19,20)/t9-/m1/s1. The first-order valence-electron chi connectivity index (χ1n) is 7.10. The number of rotatable bonds is 3. The molecule has 1 amide bonds. The Kier molecular flexibility index (Phi) is 4.42. The van der Waals surface area contributed by atoms with E-state index in [2.05, 4.69) is 16.9 Å². The predicted octanol–water partition coefficient (Wildman–Crippen LogP) is 0.705. The van der Waals surface area contributed by atoms with Crippen LogP contribution in [-0.4, -0.2) is 33.4 Å². The van der Waals surface area contributed by atoms with Crippen LogP contribution in [0.15, 0.2) is 9.59 Å². The molecule has 1 aromatic rings. The van der Waals surface area contributed by atoms with E-state index in [0.29, 0.717) is 24.1 Å². The number of likely N-dealkylation sites (tertiary alicyclic amines) is 1. The number of aryl methyl sites for hydroxylation is 1. The number of hydrogen-bond donors (Lipinski definition) is 2. The summed E-state index contributed by atoms with van der Waals surface area (Å²) in [6.07, 6.45) is 3.93. The lowest BCUT2D eigenvalue weighted by atomic mass is 10.0. The van der Waals surface area contributed by atoms with Gasteiger partial charge in [0.2, 0.25) is 5.91 Å². The van der Waals surface area contributed by atoms with Gasteiger partial charge in [0.15, 0.2) is 0 Å². The van der Waals surface area contributed by atoms with Crippen molar-refractivity contribution in [2.45, 2.75) is 52.0 Å². The van der Waals surface area contributed by atoms with Gasteiger partial charge in [-0.15, -0.1) is 0 Å². The van der Waals surface area contributed by atoms with Crippen molar-refractivity contribution in [2.75, 3.05) is 6.54 Å². The Morgan fingerprint density at radius 2 is 2.05 bits per heavy atom. The van der Waals surface area contributed by atoms with Crippen LogP contribution in [0.25, 0.3) is 0 Å². The molecule has 1 atom stereocenters. The van der Waals surface area contributed by atoms with Gasteiger partial charge in [0.25, 0.3) is 5.56 Å². The molecule has 1 aliphatic rings. The second-order valence-corrected chi connectivity index (χ2v) is 5.44. The molecule has 1 saturated heterocycles. The van der Waals surface area contributed by atoms with E-state index in [0.717, 1.165) is 19.4 Å². The zero-order valence-electron chi connectivity index (χ0n) is 12.0. The van der Waals surface area contributed by atoms with Gasteiger partial charge in [-0.05, 0) is 39.5 Å². The van der Waals surface area contributed by atoms with E-state index < -0.39 is 11.2 Å². The van der Waals surface area contributed by atoms with Gasteiger partial charge in [-0.2, -0.15) is 0 Å². The van der Waals surface area contributed by atoms with Gasteiger partial charge in [-0.3, -0.25) is 14.6 Å². The van der Waals surface area contributed by atoms with Gasteiger partial charge in [0, 0.05) is 30.3 Å². The van der Waals surface area contributed by atoms with Gasteiger partial charge in [0.1, 0.15) is 0 Å². The van der Waals surface area contributed by atoms with Crippen molar-refractivity contribution in [2.24, 2.45) is 0 Å². The number of aromatic amines is 2. The van der Waals surface area contributed by atoms with Crippen molar-refractivity contribution in [3.05, 3.63) is 32.1 Å². The van der Waals surface area contributed by atoms with Crippen LogP contribution in [0.1, 0.15) is 43.9 Å². The normalized spacial score (nSPS) is 19.1. The van der Waals surface area contributed by atoms with Crippen LogP contribution < -0.4 is 11.2 Å². The molecule has 0 unspecified atom stereocenters. The average molecular weight is 279 g/mol. The SMILES string of the molecule is Cc1[nH]c(=O)[nH]c(=O)c1CCC(=O)N1CCCC[C@H]1C. The summed E-state index contributed by atoms with van der Waals surface area (Å²) in [4.78, 5) is 41.7. The Labute approximate surface area is 117 Å². The van der Waals surface area contributed by atoms with Gasteiger partial charge in [-0.1, -0.05) is 0 Å². The fourth-order valence-corrected chi connectivity index (χ4v) is 2.77. The molecule has 2 N–H and O–H groups in total. The summed E-state index contributed by atoms with van der Waals surface area (Å²) < 4.78 is 0. The second-order valence-electron chi connectivity index (χ2n) is 5.44. The summed E-state index contributed by atoms with van der Waals surface area (Å²) in [6.45, 7) is 4.55. The zero-order chi connectivity index (χ0) is 14.7. The Morgan fingerprint density at radius 3 is 2.70 bits per heavy atom. The smallest absolute Gasteiger partial charge is 0.325 e. The molecule has 2 heterocycles. The van der Waals surface area contributed by atoms with Crippen LogP contribution in [0.4, 0.5) is 0 Å². The molecule has 6 heteroatoms. The van der Waals surface area contributed by atoms with E-state index >= 15 is 0 Å². The van der Waals surface area contributed by atoms with Crippen molar-refractivity contribution < 1.29 is 4.79 Å². The van der Waals surface area contributed by atoms with Crippen molar-refractivity contribution in [1.82, 2.24) is 14.9 Å². The molecule has 20 heavy (non-hydrogen) atoms. The number of H-pyrrole nitrogens is 2. The first kappa shape index (κ1) is 14.6. The Morgan fingerprint density at radius 1 is 1.30 bits per heavy atom. The van der Waals surface area contributed by atoms with Gasteiger partial charge in [-0.25, -0.2) is 4.79 Å². The monoisotopic (exact) mass is 279 g/mol. The van der Waals surface area contributed by atoms with Crippen LogP contribution in [-0.2, 0) is 11.2 Å². The van der Waals surface area contributed by atoms with Crippen LogP contribution >= 0.6 is 0 Å². The highest BCUT2D eigenvalue weighted by molar-refractivity contribution is 5.76. The fourth-order valence-electron chi connectivity index (χ4n) is 2.77. The number of carbonyl (C=O) groups is 1. The van der Waals surface area contributed by atoms with Gasteiger partial charge >= 0.3 is 5.69 Å². The fraction of sp³-hybridized carbons (Fsp3) is 0.643. The lowest BCUT2D eigenvalue weighted by Gasteiger charge is -2.33. The highest BCUT2D eigenvalue weighted by Gasteiger charge is 2.23. The maximum atomic E-state index is 12.2. The maximum Gasteiger partial charge on any atom is 0.325 e. The minimum absolute atomic E-state index is 0.0854. The number of amides is 1. The Bertz CT molecular complexity index is 602. The molecular weight excluding hydrogens is 258 g/mol. The molecule has 110 valence electrons. The predicted molar refractivity (Wildman–Crippen MR) is 75.8 cm³/mol. The maximum absolute atomic E-state index is 12.2. The minimum atomic E-state index is -0.507. The van der Waals surface area contributed by atoms with E-state index in [4.69, 9.17) is 0 Å². The summed E-state index contributed by atoms with van der Waals surface area (Å²) in [5.41, 5.74) is 0.124. The number of aromatic nitrogens is 2. The molecule has 6 nitrogen and oxygen atoms in total. The van der Waals surface area contributed by atoms with Crippen LogP contribution in [0.2, 0.25) is 0 Å². The third-order valence-corrected chi connectivity index (χ3v) is 3.97. The summed E-state index contributed by atoms with van der Waals surface area (Å²) in [5, 5.41) is 0. The molecule has 0 aliphatic carbocycles. The largest absolute Gasteiger partial charge is 0.340 e. The number of piperidine rings is 1. The number of nitrogens with one attached hydrogen (secondary N) is 2. The molecule has 0 radical (unpaired) electrons. The van der Waals surface area contributed by atoms with Gasteiger partial charge < -0.3 is 9.88 Å². The number of hydrogen-bond acceptors (Lipinski definition) is 3. The van der Waals surface area contributed by atoms with Crippen molar-refractivity contribution >= 4 is 5.91 Å². The molecule has 0 saturated carbocycles. The number of carbonyl (C=O) groups excluding carboxylic acids is 1. The lowest BCUT2D eigenvalue weighted by molar-refractivity contribution is -0.134. The van der Waals surface area contributed by atoms with E-state index in [1.54, 1.807) is 6.92 Å². The quantitative estimate of drug-likeness (QED) is 0.854. The molecule has 2 rings (SSSR count). The third-order valence-electron chi connectivity index (χ3n) is 3.97. The molecule has 0 aromatic carbocycles. The minimum Gasteiger partial charge on any atom is -0.340 e. The second kappa shape index (κ2) is 6.07. The summed E-state index contributed by atoms with van der Waals surface area (Å²) >= 11 is 0. The lowest BCUT2D eigenvalue weighted by Crippen LogP contribution is -2.42. The van der Waals surface area contributed by atoms with Crippen LogP contribution in [0, 0.1) is 6.92 Å². The highest BCUT2D eigenvalue weighted by atomic mass is 16.2. The van der Waals surface area contributed by atoms with Crippen LogP contribution in [0.5, 0.6) is 0 Å². The van der Waals surface area contributed by atoms with E-state index in [9.17, 15) is 14.4 Å². The topological polar surface area (TPSA) is 86.0 Å². The Balaban J connectivity index is 2.03. The first-order chi connectivity index (χ1) is 9.49. The van der Waals surface area contributed by atoms with Gasteiger partial charge in [0.05, 0.1) is 0 Å². The summed E-state index contributed by atoms with van der Waals surface area (Å²) in [5.74, 6) is 0.0854. The van der Waals surface area contributed by atoms with Crippen molar-refractivity contribution in [3.63, 3.8) is 0 Å². The molecule has 1 aromatic heterocycles. The summed E-state index contributed by atoms with van der Waals surface area (Å²) in [7, 11) is 0. The van der Waals surface area contributed by atoms with E-state index in [-0.39, 0.29) is 11.9 Å². The van der Waals surface area contributed by atoms with E-state index in [1.807, 2.05) is 4.90 Å². The summed E-state index contributed by atoms with van der Waals surface area (Å²) in [6, 6.07) is 0.284. The first-order valence-corrected chi connectivity index (χ1v) is 7.10. The van der Waals surface area contributed by atoms with Crippen LogP contribution in [0.3, 0.4) is 0 Å². The molecule has 0 spiro atoms. The third kappa shape index (κ3) is 3.18.